The third-order valence-electron chi connectivity index (χ3n) is 4.48. The normalized spacial score (nSPS) is 28.3. The smallest absolute Gasteiger partial charge is 0.0408 e. The van der Waals surface area contributed by atoms with Crippen molar-refractivity contribution in [2.24, 2.45) is 5.92 Å². The molecular weight excluding hydrogens is 206 g/mol. The highest BCUT2D eigenvalue weighted by Gasteiger charge is 2.24. The molecule has 0 aromatic heterocycles. The van der Waals surface area contributed by atoms with Crippen LogP contribution in [0.2, 0.25) is 0 Å². The Morgan fingerprint density at radius 2 is 2.12 bits per heavy atom. The van der Waals surface area contributed by atoms with E-state index in [1.807, 2.05) is 0 Å². The topological polar surface area (TPSA) is 12.0 Å². The van der Waals surface area contributed by atoms with Gasteiger partial charge < -0.3 is 5.32 Å². The minimum atomic E-state index is 0.805. The highest BCUT2D eigenvalue weighted by molar-refractivity contribution is 5.60. The molecule has 1 aliphatic carbocycles. The Labute approximate surface area is 105 Å². The van der Waals surface area contributed by atoms with E-state index in [0.29, 0.717) is 0 Å². The van der Waals surface area contributed by atoms with Gasteiger partial charge in [0.2, 0.25) is 0 Å². The molecule has 2 unspecified atom stereocenters. The first-order valence-electron chi connectivity index (χ1n) is 7.20. The zero-order chi connectivity index (χ0) is 11.7. The van der Waals surface area contributed by atoms with Crippen LogP contribution in [0.15, 0.2) is 18.2 Å². The number of rotatable bonds is 1. The van der Waals surface area contributed by atoms with Gasteiger partial charge in [0.25, 0.3) is 0 Å². The average Bonchev–Trinajstić information content (AvgIpc) is 2.38. The Balaban J connectivity index is 1.91. The van der Waals surface area contributed by atoms with Crippen LogP contribution in [0.4, 0.5) is 5.69 Å². The Morgan fingerprint density at radius 1 is 1.18 bits per heavy atom. The minimum Gasteiger partial charge on any atom is -0.385 e. The van der Waals surface area contributed by atoms with Crippen LogP contribution in [-0.2, 0) is 6.42 Å². The van der Waals surface area contributed by atoms with Gasteiger partial charge in [0.05, 0.1) is 0 Å². The molecule has 1 aromatic carbocycles. The van der Waals surface area contributed by atoms with E-state index in [4.69, 9.17) is 0 Å². The minimum absolute atomic E-state index is 0.805. The molecule has 3 rings (SSSR count). The zero-order valence-electron chi connectivity index (χ0n) is 10.8. The van der Waals surface area contributed by atoms with Crippen LogP contribution in [0, 0.1) is 5.92 Å². The van der Waals surface area contributed by atoms with Gasteiger partial charge in [0, 0.05) is 12.2 Å². The van der Waals surface area contributed by atoms with Crippen LogP contribution >= 0.6 is 0 Å². The molecule has 1 nitrogen and oxygen atoms in total. The van der Waals surface area contributed by atoms with E-state index in [0.717, 1.165) is 18.4 Å². The fourth-order valence-electron chi connectivity index (χ4n) is 3.59. The number of anilines is 1. The third kappa shape index (κ3) is 2.20. The van der Waals surface area contributed by atoms with Gasteiger partial charge in [-0.3, -0.25) is 0 Å². The summed E-state index contributed by atoms with van der Waals surface area (Å²) in [5, 5.41) is 3.64. The second kappa shape index (κ2) is 4.72. The molecule has 0 bridgehead atoms. The van der Waals surface area contributed by atoms with E-state index in [9.17, 15) is 0 Å². The van der Waals surface area contributed by atoms with Crippen molar-refractivity contribution in [2.75, 3.05) is 11.9 Å². The van der Waals surface area contributed by atoms with Crippen LogP contribution in [0.25, 0.3) is 0 Å². The fourth-order valence-corrected chi connectivity index (χ4v) is 3.59. The summed E-state index contributed by atoms with van der Waals surface area (Å²) in [5.74, 6) is 1.72. The van der Waals surface area contributed by atoms with Gasteiger partial charge in [0.1, 0.15) is 0 Å². The van der Waals surface area contributed by atoms with Gasteiger partial charge in [-0.1, -0.05) is 38.0 Å². The monoisotopic (exact) mass is 229 g/mol. The number of nitrogens with one attached hydrogen (secondary N) is 1. The van der Waals surface area contributed by atoms with Crippen molar-refractivity contribution in [2.45, 2.75) is 51.4 Å². The molecule has 17 heavy (non-hydrogen) atoms. The van der Waals surface area contributed by atoms with Gasteiger partial charge in [-0.15, -0.1) is 0 Å². The molecule has 92 valence electrons. The molecule has 1 heterocycles. The number of benzene rings is 1. The molecule has 1 saturated carbocycles. The summed E-state index contributed by atoms with van der Waals surface area (Å²) in [6.45, 7) is 3.57. The van der Waals surface area contributed by atoms with Crippen molar-refractivity contribution in [3.63, 3.8) is 0 Å². The van der Waals surface area contributed by atoms with Crippen LogP contribution in [0.3, 0.4) is 0 Å². The van der Waals surface area contributed by atoms with E-state index >= 15 is 0 Å². The van der Waals surface area contributed by atoms with E-state index in [1.54, 1.807) is 11.1 Å². The van der Waals surface area contributed by atoms with E-state index in [-0.39, 0.29) is 0 Å². The maximum Gasteiger partial charge on any atom is 0.0408 e. The highest BCUT2D eigenvalue weighted by Crippen LogP contribution is 2.40. The third-order valence-corrected chi connectivity index (χ3v) is 4.48. The molecule has 1 fully saturated rings. The maximum absolute atomic E-state index is 3.64. The van der Waals surface area contributed by atoms with Crippen molar-refractivity contribution in [3.05, 3.63) is 29.3 Å². The standard InChI is InChI=1S/C16H23N/c1-12-5-2-7-14(11-12)15-9-3-6-13-8-4-10-17-16(13)15/h3,6,9,12,14,17H,2,4-5,7-8,10-11H2,1H3. The average molecular weight is 229 g/mol. The number of aryl methyl sites for hydroxylation is 1. The molecule has 1 heteroatoms. The molecule has 2 atom stereocenters. The maximum atomic E-state index is 3.64. The highest BCUT2D eigenvalue weighted by atomic mass is 14.9. The van der Waals surface area contributed by atoms with Crippen LogP contribution in [0.1, 0.15) is 56.1 Å². The number of para-hydroxylation sites is 1. The zero-order valence-corrected chi connectivity index (χ0v) is 10.8. The molecule has 1 N–H and O–H groups in total. The Kier molecular flexibility index (Phi) is 3.09. The van der Waals surface area contributed by atoms with Crippen LogP contribution < -0.4 is 5.32 Å². The molecule has 1 aliphatic heterocycles. The Hall–Kier alpha value is -0.980. The predicted molar refractivity (Wildman–Crippen MR) is 73.6 cm³/mol. The van der Waals surface area contributed by atoms with Crippen molar-refractivity contribution < 1.29 is 0 Å². The van der Waals surface area contributed by atoms with Gasteiger partial charge in [0.15, 0.2) is 0 Å². The van der Waals surface area contributed by atoms with E-state index < -0.39 is 0 Å². The van der Waals surface area contributed by atoms with Crippen LogP contribution in [0.5, 0.6) is 0 Å². The Bertz CT molecular complexity index is 397. The van der Waals surface area contributed by atoms with E-state index in [2.05, 4.69) is 30.4 Å². The SMILES string of the molecule is CC1CCCC(c2cccc3c2NCCC3)C1. The van der Waals surface area contributed by atoms with Crippen molar-refractivity contribution in [1.82, 2.24) is 0 Å². The first kappa shape index (κ1) is 11.1. The lowest BCUT2D eigenvalue weighted by molar-refractivity contribution is 0.344. The van der Waals surface area contributed by atoms with Crippen LogP contribution in [-0.4, -0.2) is 6.54 Å². The second-order valence-corrected chi connectivity index (χ2v) is 5.88. The summed E-state index contributed by atoms with van der Waals surface area (Å²) in [6.07, 6.45) is 8.17. The summed E-state index contributed by atoms with van der Waals surface area (Å²) in [7, 11) is 0. The second-order valence-electron chi connectivity index (χ2n) is 5.88. The van der Waals surface area contributed by atoms with Crippen molar-refractivity contribution in [1.29, 1.82) is 0 Å². The predicted octanol–water partition coefficient (Wildman–Crippen LogP) is 4.34. The molecule has 0 radical (unpaired) electrons. The van der Waals surface area contributed by atoms with Gasteiger partial charge in [-0.25, -0.2) is 0 Å². The largest absolute Gasteiger partial charge is 0.385 e. The van der Waals surface area contributed by atoms with Crippen molar-refractivity contribution in [3.8, 4) is 0 Å². The summed E-state index contributed by atoms with van der Waals surface area (Å²) < 4.78 is 0. The molecular formula is C16H23N. The molecule has 0 spiro atoms. The first-order valence-corrected chi connectivity index (χ1v) is 7.20. The summed E-state index contributed by atoms with van der Waals surface area (Å²) in [6, 6.07) is 6.93. The van der Waals surface area contributed by atoms with Gasteiger partial charge in [-0.05, 0) is 48.6 Å². The molecule has 2 aliphatic rings. The summed E-state index contributed by atoms with van der Waals surface area (Å²) >= 11 is 0. The molecule has 1 aromatic rings. The Morgan fingerprint density at radius 3 is 3.00 bits per heavy atom. The van der Waals surface area contributed by atoms with Crippen molar-refractivity contribution >= 4 is 5.69 Å². The summed E-state index contributed by atoms with van der Waals surface area (Å²) in [5.41, 5.74) is 4.64. The van der Waals surface area contributed by atoms with E-state index in [1.165, 1.54) is 44.2 Å². The number of hydrogen-bond donors (Lipinski definition) is 1. The number of hydrogen-bond acceptors (Lipinski definition) is 1. The number of fused-ring (bicyclic) bond motifs is 1. The fraction of sp³-hybridized carbons (Fsp3) is 0.625. The lowest BCUT2D eigenvalue weighted by Crippen LogP contribution is -2.18. The van der Waals surface area contributed by atoms with Gasteiger partial charge in [-0.2, -0.15) is 0 Å². The summed E-state index contributed by atoms with van der Waals surface area (Å²) in [4.78, 5) is 0. The molecule has 0 saturated heterocycles. The molecule has 0 amide bonds. The van der Waals surface area contributed by atoms with Gasteiger partial charge >= 0.3 is 0 Å². The quantitative estimate of drug-likeness (QED) is 0.755. The first-order chi connectivity index (χ1) is 8.34. The lowest BCUT2D eigenvalue weighted by Gasteiger charge is -2.31. The lowest BCUT2D eigenvalue weighted by atomic mass is 9.77.